The summed E-state index contributed by atoms with van der Waals surface area (Å²) in [6.07, 6.45) is -0.512. The van der Waals surface area contributed by atoms with Crippen molar-refractivity contribution < 1.29 is 9.84 Å². The fraction of sp³-hybridized carbons (Fsp3) is 0.333. The molecule has 3 nitrogen and oxygen atoms in total. The van der Waals surface area contributed by atoms with Crippen LogP contribution < -0.4 is 9.64 Å². The lowest BCUT2D eigenvalue weighted by atomic mass is 10.0. The van der Waals surface area contributed by atoms with E-state index in [1.807, 2.05) is 55.3 Å². The highest BCUT2D eigenvalue weighted by atomic mass is 16.5. The molecular weight excluding hydrogens is 262 g/mol. The fourth-order valence-corrected chi connectivity index (χ4v) is 2.51. The summed E-state index contributed by atoms with van der Waals surface area (Å²) in [7, 11) is 3.63. The molecule has 2 rings (SSSR count). The first kappa shape index (κ1) is 15.4. The summed E-state index contributed by atoms with van der Waals surface area (Å²) in [5.74, 6) is 0.820. The Labute approximate surface area is 126 Å². The van der Waals surface area contributed by atoms with Crippen molar-refractivity contribution in [3.05, 3.63) is 59.2 Å². The SMILES string of the molecule is COc1cccc(N(C)CC(O)c2ccc(C)cc2C)c1. The summed E-state index contributed by atoms with van der Waals surface area (Å²) in [4.78, 5) is 2.03. The first-order chi connectivity index (χ1) is 10.0. The van der Waals surface area contributed by atoms with Crippen molar-refractivity contribution in [2.45, 2.75) is 20.0 Å². The van der Waals surface area contributed by atoms with E-state index in [9.17, 15) is 5.11 Å². The van der Waals surface area contributed by atoms with Crippen molar-refractivity contribution in [3.8, 4) is 5.75 Å². The van der Waals surface area contributed by atoms with E-state index in [-0.39, 0.29) is 0 Å². The average molecular weight is 285 g/mol. The van der Waals surface area contributed by atoms with Gasteiger partial charge in [0.05, 0.1) is 13.2 Å². The molecule has 0 heterocycles. The molecule has 0 aromatic heterocycles. The molecule has 1 atom stereocenters. The van der Waals surface area contributed by atoms with Crippen LogP contribution in [-0.2, 0) is 0 Å². The molecule has 1 unspecified atom stereocenters. The third-order valence-electron chi connectivity index (χ3n) is 3.73. The van der Waals surface area contributed by atoms with Crippen LogP contribution in [0.4, 0.5) is 5.69 Å². The predicted molar refractivity (Wildman–Crippen MR) is 87.1 cm³/mol. The Morgan fingerprint density at radius 1 is 1.14 bits per heavy atom. The second kappa shape index (κ2) is 6.64. The molecule has 0 amide bonds. The van der Waals surface area contributed by atoms with Crippen molar-refractivity contribution in [1.29, 1.82) is 0 Å². The number of anilines is 1. The van der Waals surface area contributed by atoms with Gasteiger partial charge in [0.15, 0.2) is 0 Å². The Morgan fingerprint density at radius 3 is 2.57 bits per heavy atom. The molecule has 0 saturated heterocycles. The minimum absolute atomic E-state index is 0.512. The van der Waals surface area contributed by atoms with Gasteiger partial charge >= 0.3 is 0 Å². The molecule has 0 bridgehead atoms. The van der Waals surface area contributed by atoms with Crippen LogP contribution in [0.3, 0.4) is 0 Å². The maximum atomic E-state index is 10.5. The molecule has 112 valence electrons. The Hall–Kier alpha value is -2.00. The van der Waals surface area contributed by atoms with Crippen molar-refractivity contribution in [1.82, 2.24) is 0 Å². The predicted octanol–water partition coefficient (Wildman–Crippen LogP) is 3.48. The number of aliphatic hydroxyl groups excluding tert-OH is 1. The Morgan fingerprint density at radius 2 is 1.90 bits per heavy atom. The summed E-state index contributed by atoms with van der Waals surface area (Å²) in [6.45, 7) is 4.64. The van der Waals surface area contributed by atoms with Crippen molar-refractivity contribution in [2.24, 2.45) is 0 Å². The van der Waals surface area contributed by atoms with Crippen molar-refractivity contribution in [2.75, 3.05) is 25.6 Å². The molecule has 0 radical (unpaired) electrons. The van der Waals surface area contributed by atoms with Gasteiger partial charge in [-0.3, -0.25) is 0 Å². The van der Waals surface area contributed by atoms with E-state index in [0.29, 0.717) is 6.54 Å². The van der Waals surface area contributed by atoms with Gasteiger partial charge in [-0.15, -0.1) is 0 Å². The van der Waals surface area contributed by atoms with Gasteiger partial charge in [0, 0.05) is 25.3 Å². The summed E-state index contributed by atoms with van der Waals surface area (Å²) in [5, 5.41) is 10.5. The Kier molecular flexibility index (Phi) is 4.86. The normalized spacial score (nSPS) is 12.0. The maximum Gasteiger partial charge on any atom is 0.120 e. The molecular formula is C18H23NO2. The van der Waals surface area contributed by atoms with Crippen LogP contribution in [0.5, 0.6) is 5.75 Å². The third-order valence-corrected chi connectivity index (χ3v) is 3.73. The van der Waals surface area contributed by atoms with Crippen LogP contribution in [0.25, 0.3) is 0 Å². The van der Waals surface area contributed by atoms with Crippen LogP contribution >= 0.6 is 0 Å². The number of benzene rings is 2. The lowest BCUT2D eigenvalue weighted by Crippen LogP contribution is -2.24. The summed E-state index contributed by atoms with van der Waals surface area (Å²) in [5.41, 5.74) is 4.35. The molecule has 0 aliphatic rings. The van der Waals surface area contributed by atoms with Gasteiger partial charge in [-0.1, -0.05) is 29.8 Å². The fourth-order valence-electron chi connectivity index (χ4n) is 2.51. The third kappa shape index (κ3) is 3.76. The van der Waals surface area contributed by atoms with Gasteiger partial charge in [0.1, 0.15) is 5.75 Å². The summed E-state index contributed by atoms with van der Waals surface area (Å²) < 4.78 is 5.24. The van der Waals surface area contributed by atoms with Gasteiger partial charge in [-0.05, 0) is 37.1 Å². The summed E-state index contributed by atoms with van der Waals surface area (Å²) in [6, 6.07) is 14.0. The lowest BCUT2D eigenvalue weighted by molar-refractivity contribution is 0.184. The van der Waals surface area contributed by atoms with Crippen molar-refractivity contribution >= 4 is 5.69 Å². The highest BCUT2D eigenvalue weighted by molar-refractivity contribution is 5.50. The maximum absolute atomic E-state index is 10.5. The molecule has 0 fully saturated rings. The molecule has 0 aliphatic heterocycles. The van der Waals surface area contributed by atoms with Gasteiger partial charge < -0.3 is 14.7 Å². The topological polar surface area (TPSA) is 32.7 Å². The number of nitrogens with zero attached hydrogens (tertiary/aromatic N) is 1. The van der Waals surface area contributed by atoms with Crippen LogP contribution in [-0.4, -0.2) is 25.8 Å². The number of hydrogen-bond acceptors (Lipinski definition) is 3. The van der Waals surface area contributed by atoms with Gasteiger partial charge in [0.2, 0.25) is 0 Å². The first-order valence-electron chi connectivity index (χ1n) is 7.11. The van der Waals surface area contributed by atoms with Gasteiger partial charge in [0.25, 0.3) is 0 Å². The second-order valence-electron chi connectivity index (χ2n) is 5.46. The van der Waals surface area contributed by atoms with E-state index >= 15 is 0 Å². The van der Waals surface area contributed by atoms with Crippen molar-refractivity contribution in [3.63, 3.8) is 0 Å². The zero-order valence-corrected chi connectivity index (χ0v) is 13.1. The molecule has 0 saturated carbocycles. The molecule has 2 aromatic rings. The average Bonchev–Trinajstić information content (AvgIpc) is 2.47. The highest BCUT2D eigenvalue weighted by Crippen LogP contribution is 2.24. The molecule has 1 N–H and O–H groups in total. The standard InChI is InChI=1S/C18H23NO2/c1-13-8-9-17(14(2)10-13)18(20)12-19(3)15-6-5-7-16(11-15)21-4/h5-11,18,20H,12H2,1-4H3. The van der Waals surface area contributed by atoms with Crippen LogP contribution in [0.1, 0.15) is 22.8 Å². The quantitative estimate of drug-likeness (QED) is 0.913. The van der Waals surface area contributed by atoms with E-state index in [1.165, 1.54) is 5.56 Å². The molecule has 2 aromatic carbocycles. The second-order valence-corrected chi connectivity index (χ2v) is 5.46. The number of aliphatic hydroxyl groups is 1. The van der Waals surface area contributed by atoms with Gasteiger partial charge in [-0.2, -0.15) is 0 Å². The molecule has 3 heteroatoms. The van der Waals surface area contributed by atoms with Crippen LogP contribution in [0.2, 0.25) is 0 Å². The number of ether oxygens (including phenoxy) is 1. The minimum atomic E-state index is -0.512. The van der Waals surface area contributed by atoms with E-state index in [4.69, 9.17) is 4.74 Å². The number of methoxy groups -OCH3 is 1. The zero-order valence-electron chi connectivity index (χ0n) is 13.1. The Bertz CT molecular complexity index is 610. The molecule has 0 spiro atoms. The molecule has 0 aliphatic carbocycles. The zero-order chi connectivity index (χ0) is 15.4. The molecule has 21 heavy (non-hydrogen) atoms. The van der Waals surface area contributed by atoms with E-state index < -0.39 is 6.10 Å². The van der Waals surface area contributed by atoms with Crippen LogP contribution in [0.15, 0.2) is 42.5 Å². The van der Waals surface area contributed by atoms with E-state index in [0.717, 1.165) is 22.6 Å². The van der Waals surface area contributed by atoms with E-state index in [1.54, 1.807) is 7.11 Å². The number of rotatable bonds is 5. The smallest absolute Gasteiger partial charge is 0.120 e. The highest BCUT2D eigenvalue weighted by Gasteiger charge is 2.13. The first-order valence-corrected chi connectivity index (χ1v) is 7.11. The lowest BCUT2D eigenvalue weighted by Gasteiger charge is -2.24. The minimum Gasteiger partial charge on any atom is -0.497 e. The van der Waals surface area contributed by atoms with Gasteiger partial charge in [-0.25, -0.2) is 0 Å². The van der Waals surface area contributed by atoms with E-state index in [2.05, 4.69) is 13.0 Å². The monoisotopic (exact) mass is 285 g/mol. The Balaban J connectivity index is 2.12. The number of aryl methyl sites for hydroxylation is 2. The van der Waals surface area contributed by atoms with Crippen LogP contribution in [0, 0.1) is 13.8 Å². The number of hydrogen-bond donors (Lipinski definition) is 1. The number of likely N-dealkylation sites (N-methyl/N-ethyl adjacent to an activating group) is 1. The largest absolute Gasteiger partial charge is 0.497 e. The summed E-state index contributed by atoms with van der Waals surface area (Å²) >= 11 is 0.